The van der Waals surface area contributed by atoms with Crippen molar-refractivity contribution in [1.82, 2.24) is 4.98 Å². The van der Waals surface area contributed by atoms with Crippen molar-refractivity contribution in [1.29, 1.82) is 0 Å². The van der Waals surface area contributed by atoms with E-state index in [-0.39, 0.29) is 0 Å². The topological polar surface area (TPSA) is 102 Å². The minimum absolute atomic E-state index is 0.449. The number of halogens is 2. The molecule has 1 rings (SSSR count). The maximum absolute atomic E-state index is 12.4. The van der Waals surface area contributed by atoms with Crippen molar-refractivity contribution < 1.29 is 18.8 Å². The lowest BCUT2D eigenvalue weighted by Crippen LogP contribution is -2.08. The molecule has 0 amide bonds. The lowest BCUT2D eigenvalue weighted by Gasteiger charge is -2.07. The molecule has 6 nitrogen and oxygen atoms in total. The van der Waals surface area contributed by atoms with E-state index in [0.29, 0.717) is 6.20 Å². The van der Waals surface area contributed by atoms with E-state index in [0.717, 1.165) is 0 Å². The van der Waals surface area contributed by atoms with Gasteiger partial charge in [0.15, 0.2) is 0 Å². The molecule has 0 bridgehead atoms. The van der Waals surface area contributed by atoms with E-state index in [2.05, 4.69) is 4.98 Å². The first-order valence-corrected chi connectivity index (χ1v) is 3.82. The first-order chi connectivity index (χ1) is 6.99. The minimum atomic E-state index is -2.97. The summed E-state index contributed by atoms with van der Waals surface area (Å²) in [5.74, 6) is -0.773. The number of alkyl halides is 2. The summed E-state index contributed by atoms with van der Waals surface area (Å²) in [5, 5.41) is 19.6. The van der Waals surface area contributed by atoms with Crippen LogP contribution in [0.5, 0.6) is 5.75 Å². The molecular formula is C7H7F2N3O3. The van der Waals surface area contributed by atoms with Crippen molar-refractivity contribution in [2.45, 2.75) is 13.0 Å². The van der Waals surface area contributed by atoms with Crippen LogP contribution in [0.1, 0.15) is 17.7 Å². The molecule has 0 atom stereocenters. The third-order valence-electron chi connectivity index (χ3n) is 1.76. The van der Waals surface area contributed by atoms with Gasteiger partial charge >= 0.3 is 5.69 Å². The molecule has 0 aliphatic heterocycles. The Labute approximate surface area is 82.5 Å². The van der Waals surface area contributed by atoms with E-state index in [1.54, 1.807) is 0 Å². The Morgan fingerprint density at radius 2 is 2.27 bits per heavy atom. The molecule has 1 aromatic rings. The average molecular weight is 219 g/mol. The van der Waals surface area contributed by atoms with Gasteiger partial charge in [-0.25, -0.2) is 8.78 Å². The molecule has 0 aliphatic carbocycles. The summed E-state index contributed by atoms with van der Waals surface area (Å²) in [6.45, 7) is -0.489. The molecule has 0 spiro atoms. The van der Waals surface area contributed by atoms with Gasteiger partial charge in [0.25, 0.3) is 6.43 Å². The van der Waals surface area contributed by atoms with Crippen LogP contribution in [0.15, 0.2) is 6.20 Å². The summed E-state index contributed by atoms with van der Waals surface area (Å²) < 4.78 is 24.7. The Morgan fingerprint density at radius 3 is 2.67 bits per heavy atom. The monoisotopic (exact) mass is 219 g/mol. The number of hydrogen-bond acceptors (Lipinski definition) is 5. The minimum Gasteiger partial charge on any atom is -0.501 e. The molecule has 0 radical (unpaired) electrons. The highest BCUT2D eigenvalue weighted by Crippen LogP contribution is 2.34. The number of nitro groups is 1. The maximum Gasteiger partial charge on any atom is 0.318 e. The number of rotatable bonds is 3. The number of aromatic nitrogens is 1. The van der Waals surface area contributed by atoms with Gasteiger partial charge in [-0.15, -0.1) is 0 Å². The molecule has 82 valence electrons. The molecule has 0 saturated carbocycles. The maximum atomic E-state index is 12.4. The normalized spacial score (nSPS) is 10.7. The van der Waals surface area contributed by atoms with Gasteiger partial charge in [-0.05, 0) is 0 Å². The van der Waals surface area contributed by atoms with E-state index >= 15 is 0 Å². The fraction of sp³-hybridized carbons (Fsp3) is 0.286. The average Bonchev–Trinajstić information content (AvgIpc) is 2.15. The van der Waals surface area contributed by atoms with Crippen LogP contribution in [0.25, 0.3) is 0 Å². The van der Waals surface area contributed by atoms with Crippen molar-refractivity contribution in [2.75, 3.05) is 0 Å². The number of nitrogens with two attached hydrogens (primary N) is 1. The Morgan fingerprint density at radius 1 is 1.67 bits per heavy atom. The molecule has 1 heterocycles. The lowest BCUT2D eigenvalue weighted by atomic mass is 10.1. The fourth-order valence-corrected chi connectivity index (χ4v) is 1.14. The molecule has 1 aromatic heterocycles. The first kappa shape index (κ1) is 11.2. The van der Waals surface area contributed by atoms with Gasteiger partial charge in [0.05, 0.1) is 16.7 Å². The molecule has 0 aliphatic rings. The van der Waals surface area contributed by atoms with Gasteiger partial charge in [-0.1, -0.05) is 0 Å². The second kappa shape index (κ2) is 4.13. The first-order valence-electron chi connectivity index (χ1n) is 3.82. The standard InChI is InChI=1S/C7H7F2N3O3/c8-7(9)5-3(1-10)6(12(14)15)4(13)2-11-5/h2,7,13H,1,10H2. The van der Waals surface area contributed by atoms with Crippen LogP contribution in [0.2, 0.25) is 0 Å². The molecule has 3 N–H and O–H groups in total. The van der Waals surface area contributed by atoms with E-state index < -0.39 is 40.6 Å². The predicted octanol–water partition coefficient (Wildman–Crippen LogP) is 1.09. The number of pyridine rings is 1. The highest BCUT2D eigenvalue weighted by molar-refractivity contribution is 5.52. The summed E-state index contributed by atoms with van der Waals surface area (Å²) in [6, 6.07) is 0. The number of nitrogens with zero attached hydrogens (tertiary/aromatic N) is 2. The van der Waals surface area contributed by atoms with Crippen molar-refractivity contribution in [3.8, 4) is 5.75 Å². The van der Waals surface area contributed by atoms with Gasteiger partial charge in [-0.2, -0.15) is 0 Å². The second-order valence-electron chi connectivity index (χ2n) is 2.62. The molecule has 0 aromatic carbocycles. The zero-order chi connectivity index (χ0) is 11.6. The van der Waals surface area contributed by atoms with E-state index in [4.69, 9.17) is 10.8 Å². The third-order valence-corrected chi connectivity index (χ3v) is 1.76. The van der Waals surface area contributed by atoms with Gasteiger partial charge < -0.3 is 10.8 Å². The molecule has 0 unspecified atom stereocenters. The Bertz CT molecular complexity index is 397. The second-order valence-corrected chi connectivity index (χ2v) is 2.62. The highest BCUT2D eigenvalue weighted by atomic mass is 19.3. The van der Waals surface area contributed by atoms with Crippen LogP contribution in [-0.2, 0) is 6.54 Å². The largest absolute Gasteiger partial charge is 0.501 e. The summed E-state index contributed by atoms with van der Waals surface area (Å²) in [4.78, 5) is 12.7. The Hall–Kier alpha value is -1.83. The van der Waals surface area contributed by atoms with Crippen molar-refractivity contribution in [3.63, 3.8) is 0 Å². The summed E-state index contributed by atoms with van der Waals surface area (Å²) >= 11 is 0. The van der Waals surface area contributed by atoms with Crippen molar-refractivity contribution >= 4 is 5.69 Å². The fourth-order valence-electron chi connectivity index (χ4n) is 1.14. The Balaban J connectivity index is 3.47. The van der Waals surface area contributed by atoms with Crippen LogP contribution in [0.3, 0.4) is 0 Å². The Kier molecular flexibility index (Phi) is 3.10. The molecule has 8 heteroatoms. The smallest absolute Gasteiger partial charge is 0.318 e. The highest BCUT2D eigenvalue weighted by Gasteiger charge is 2.27. The van der Waals surface area contributed by atoms with Crippen LogP contribution in [0, 0.1) is 10.1 Å². The lowest BCUT2D eigenvalue weighted by molar-refractivity contribution is -0.386. The summed E-state index contributed by atoms with van der Waals surface area (Å²) in [5.41, 5.74) is 3.07. The zero-order valence-corrected chi connectivity index (χ0v) is 7.35. The summed E-state index contributed by atoms with van der Waals surface area (Å²) in [6.07, 6.45) is -2.36. The predicted molar refractivity (Wildman–Crippen MR) is 45.4 cm³/mol. The van der Waals surface area contributed by atoms with Crippen molar-refractivity contribution in [3.05, 3.63) is 27.6 Å². The zero-order valence-electron chi connectivity index (χ0n) is 7.35. The van der Waals surface area contributed by atoms with Crippen LogP contribution in [0.4, 0.5) is 14.5 Å². The van der Waals surface area contributed by atoms with Gasteiger partial charge in [-0.3, -0.25) is 15.1 Å². The van der Waals surface area contributed by atoms with Gasteiger partial charge in [0.1, 0.15) is 5.69 Å². The van der Waals surface area contributed by atoms with Crippen molar-refractivity contribution in [2.24, 2.45) is 5.73 Å². The van der Waals surface area contributed by atoms with E-state index in [1.165, 1.54) is 0 Å². The van der Waals surface area contributed by atoms with Gasteiger partial charge in [0, 0.05) is 6.54 Å². The third kappa shape index (κ3) is 1.99. The summed E-state index contributed by atoms with van der Waals surface area (Å²) in [7, 11) is 0. The number of hydrogen-bond donors (Lipinski definition) is 2. The van der Waals surface area contributed by atoms with Crippen LogP contribution in [-0.4, -0.2) is 15.0 Å². The number of aromatic hydroxyl groups is 1. The van der Waals surface area contributed by atoms with E-state index in [1.807, 2.05) is 0 Å². The molecule has 0 saturated heterocycles. The van der Waals surface area contributed by atoms with E-state index in [9.17, 15) is 18.9 Å². The molecule has 15 heavy (non-hydrogen) atoms. The van der Waals surface area contributed by atoms with Crippen LogP contribution >= 0.6 is 0 Å². The van der Waals surface area contributed by atoms with Gasteiger partial charge in [0.2, 0.25) is 5.75 Å². The quantitative estimate of drug-likeness (QED) is 0.585. The van der Waals surface area contributed by atoms with Crippen LogP contribution < -0.4 is 5.73 Å². The molecule has 0 fully saturated rings. The SMILES string of the molecule is NCc1c(C(F)F)ncc(O)c1[N+](=O)[O-]. The molecular weight excluding hydrogens is 212 g/mol.